The molecule has 0 aromatic rings. The first-order chi connectivity index (χ1) is 13.4. The predicted molar refractivity (Wildman–Crippen MR) is 95.1 cm³/mol. The highest BCUT2D eigenvalue weighted by Gasteiger charge is 2.88. The Morgan fingerprint density at radius 1 is 1.10 bits per heavy atom. The Morgan fingerprint density at radius 3 is 2.41 bits per heavy atom. The maximum Gasteiger partial charge on any atom is 0.338 e. The molecule has 5 rings (SSSR count). The average Bonchev–Trinajstić information content (AvgIpc) is 2.85. The number of ether oxygens (including phenoxy) is 2. The summed E-state index contributed by atoms with van der Waals surface area (Å²) in [6, 6.07) is 0. The quantitative estimate of drug-likeness (QED) is 0.193. The van der Waals surface area contributed by atoms with Crippen LogP contribution in [0.15, 0.2) is 11.6 Å². The fraction of sp³-hybridized carbons (Fsp3) is 0.850. The summed E-state index contributed by atoms with van der Waals surface area (Å²) in [6.45, 7) is 4.69. The lowest BCUT2D eigenvalue weighted by Gasteiger charge is -2.70. The van der Waals surface area contributed by atoms with Gasteiger partial charge < -0.3 is 40.1 Å². The minimum absolute atomic E-state index is 0.179. The molecular weight excluding hydrogens is 384 g/mol. The summed E-state index contributed by atoms with van der Waals surface area (Å²) < 4.78 is 11.4. The molecule has 2 aliphatic heterocycles. The Kier molecular flexibility index (Phi) is 3.70. The van der Waals surface area contributed by atoms with Crippen molar-refractivity contribution in [2.75, 3.05) is 6.61 Å². The number of rotatable bonds is 0. The Labute approximate surface area is 167 Å². The van der Waals surface area contributed by atoms with Crippen LogP contribution in [0.3, 0.4) is 0 Å². The van der Waals surface area contributed by atoms with Crippen LogP contribution in [0.5, 0.6) is 0 Å². The fourth-order valence-electron chi connectivity index (χ4n) is 7.72. The molecule has 0 radical (unpaired) electrons. The lowest BCUT2D eigenvalue weighted by molar-refractivity contribution is -0.355. The second-order valence-corrected chi connectivity index (χ2v) is 9.94. The summed E-state index contributed by atoms with van der Waals surface area (Å²) in [5, 5.41) is 66.5. The van der Waals surface area contributed by atoms with E-state index in [1.165, 1.54) is 6.92 Å². The Morgan fingerprint density at radius 2 is 1.76 bits per heavy atom. The van der Waals surface area contributed by atoms with Gasteiger partial charge in [0, 0.05) is 11.3 Å². The minimum atomic E-state index is -2.24. The third-order valence-corrected chi connectivity index (χ3v) is 9.13. The molecule has 162 valence electrons. The molecule has 29 heavy (non-hydrogen) atoms. The van der Waals surface area contributed by atoms with E-state index in [4.69, 9.17) is 9.47 Å². The van der Waals surface area contributed by atoms with E-state index in [-0.39, 0.29) is 18.9 Å². The Hall–Kier alpha value is -1.07. The molecule has 0 unspecified atom stereocenters. The molecule has 0 aromatic heterocycles. The average molecular weight is 412 g/mol. The van der Waals surface area contributed by atoms with E-state index in [1.54, 1.807) is 19.9 Å². The van der Waals surface area contributed by atoms with E-state index in [9.17, 15) is 35.4 Å². The van der Waals surface area contributed by atoms with Crippen molar-refractivity contribution in [2.45, 2.75) is 75.0 Å². The molecule has 0 aromatic carbocycles. The molecule has 1 spiro atoms. The number of aliphatic hydroxyl groups excluding tert-OH is 5. The summed E-state index contributed by atoms with van der Waals surface area (Å²) >= 11 is 0. The molecule has 5 aliphatic rings. The maximum atomic E-state index is 12.5. The fourth-order valence-corrected chi connectivity index (χ4v) is 7.72. The number of aliphatic hydroxyl groups is 6. The first-order valence-electron chi connectivity index (χ1n) is 10.0. The molecule has 2 saturated heterocycles. The third kappa shape index (κ3) is 1.75. The van der Waals surface area contributed by atoms with Gasteiger partial charge in [0.2, 0.25) is 0 Å². The van der Waals surface area contributed by atoms with E-state index in [2.05, 4.69) is 0 Å². The highest BCUT2D eigenvalue weighted by molar-refractivity contribution is 5.79. The molecule has 0 amide bonds. The summed E-state index contributed by atoms with van der Waals surface area (Å²) in [4.78, 5) is 12.5. The van der Waals surface area contributed by atoms with Crippen molar-refractivity contribution in [2.24, 2.45) is 22.7 Å². The first-order valence-corrected chi connectivity index (χ1v) is 10.0. The summed E-state index contributed by atoms with van der Waals surface area (Å²) in [7, 11) is 0. The maximum absolute atomic E-state index is 12.5. The van der Waals surface area contributed by atoms with Gasteiger partial charge in [-0.25, -0.2) is 4.79 Å². The zero-order valence-corrected chi connectivity index (χ0v) is 16.5. The van der Waals surface area contributed by atoms with Crippen LogP contribution >= 0.6 is 0 Å². The van der Waals surface area contributed by atoms with Crippen LogP contribution in [-0.4, -0.2) is 91.0 Å². The molecular formula is C20H28O9. The van der Waals surface area contributed by atoms with Crippen molar-refractivity contribution in [3.05, 3.63) is 11.6 Å². The van der Waals surface area contributed by atoms with Gasteiger partial charge in [-0.2, -0.15) is 0 Å². The van der Waals surface area contributed by atoms with E-state index in [1.807, 2.05) is 0 Å². The number of hydrogen-bond acceptors (Lipinski definition) is 9. The zero-order chi connectivity index (χ0) is 21.3. The second kappa shape index (κ2) is 5.40. The normalized spacial score (nSPS) is 63.3. The van der Waals surface area contributed by atoms with Crippen molar-refractivity contribution in [1.82, 2.24) is 0 Å². The van der Waals surface area contributed by atoms with E-state index in [0.29, 0.717) is 0 Å². The van der Waals surface area contributed by atoms with Crippen LogP contribution in [0.1, 0.15) is 27.2 Å². The van der Waals surface area contributed by atoms with E-state index in [0.717, 1.165) is 5.57 Å². The molecule has 2 heterocycles. The lowest BCUT2D eigenvalue weighted by atomic mass is 9.36. The standard InChI is InChI=1S/C20H28O9/c1-7-4-9(21)13(23)17(2)8(7)5-10-19-6-28-18(3,14(24)11(22)12(17)19)20(19,27)15(25)16(26)29-10/h4,8-15,21-25,27H,5-6H2,1-3H3/t8-,9-,10+,11+,12+,13+,14-,15-,17-,18-,19+,20+/m0/s1. The van der Waals surface area contributed by atoms with Crippen LogP contribution in [0.4, 0.5) is 0 Å². The van der Waals surface area contributed by atoms with Gasteiger partial charge in [-0.1, -0.05) is 18.6 Å². The van der Waals surface area contributed by atoms with Crippen LogP contribution in [0.25, 0.3) is 0 Å². The van der Waals surface area contributed by atoms with Crippen LogP contribution in [0.2, 0.25) is 0 Å². The van der Waals surface area contributed by atoms with Gasteiger partial charge in [0.15, 0.2) is 6.10 Å². The number of fused-ring (bicyclic) bond motifs is 2. The van der Waals surface area contributed by atoms with Gasteiger partial charge in [0.05, 0.1) is 30.3 Å². The molecule has 12 atom stereocenters. The molecule has 2 saturated carbocycles. The van der Waals surface area contributed by atoms with Gasteiger partial charge in [0.25, 0.3) is 0 Å². The molecule has 9 nitrogen and oxygen atoms in total. The topological polar surface area (TPSA) is 157 Å². The van der Waals surface area contributed by atoms with Crippen molar-refractivity contribution in [3.63, 3.8) is 0 Å². The Bertz CT molecular complexity index is 814. The van der Waals surface area contributed by atoms with Gasteiger partial charge >= 0.3 is 5.97 Å². The van der Waals surface area contributed by atoms with Crippen molar-refractivity contribution < 1.29 is 44.9 Å². The summed E-state index contributed by atoms with van der Waals surface area (Å²) in [5.41, 5.74) is -5.93. The molecule has 6 N–H and O–H groups in total. The monoisotopic (exact) mass is 412 g/mol. The second-order valence-electron chi connectivity index (χ2n) is 9.94. The largest absolute Gasteiger partial charge is 0.460 e. The number of esters is 1. The van der Waals surface area contributed by atoms with Crippen molar-refractivity contribution in [3.8, 4) is 0 Å². The first kappa shape index (κ1) is 19.9. The smallest absolute Gasteiger partial charge is 0.338 e. The number of carbonyl (C=O) groups is 1. The highest BCUT2D eigenvalue weighted by Crippen LogP contribution is 2.73. The van der Waals surface area contributed by atoms with Gasteiger partial charge in [-0.15, -0.1) is 0 Å². The van der Waals surface area contributed by atoms with Crippen LogP contribution < -0.4 is 0 Å². The summed E-state index contributed by atoms with van der Waals surface area (Å²) in [5.74, 6) is -2.42. The highest BCUT2D eigenvalue weighted by atomic mass is 16.6. The van der Waals surface area contributed by atoms with Crippen LogP contribution in [0, 0.1) is 22.7 Å². The zero-order valence-electron chi connectivity index (χ0n) is 16.5. The van der Waals surface area contributed by atoms with Gasteiger partial charge in [-0.3, -0.25) is 0 Å². The molecule has 4 fully saturated rings. The number of allylic oxidation sites excluding steroid dienone is 1. The number of carbonyl (C=O) groups excluding carboxylic acids is 1. The van der Waals surface area contributed by atoms with Crippen molar-refractivity contribution >= 4 is 5.97 Å². The predicted octanol–water partition coefficient (Wildman–Crippen LogP) is -2.16. The van der Waals surface area contributed by atoms with Crippen molar-refractivity contribution in [1.29, 1.82) is 0 Å². The third-order valence-electron chi connectivity index (χ3n) is 9.13. The lowest BCUT2D eigenvalue weighted by Crippen LogP contribution is -2.86. The van der Waals surface area contributed by atoms with Crippen LogP contribution in [-0.2, 0) is 14.3 Å². The van der Waals surface area contributed by atoms with E-state index < -0.39 is 70.5 Å². The van der Waals surface area contributed by atoms with E-state index >= 15 is 0 Å². The summed E-state index contributed by atoms with van der Waals surface area (Å²) in [6.07, 6.45) is -6.71. The molecule has 9 heteroatoms. The van der Waals surface area contributed by atoms with Gasteiger partial charge in [0.1, 0.15) is 23.4 Å². The minimum Gasteiger partial charge on any atom is -0.460 e. The molecule has 3 aliphatic carbocycles. The Balaban J connectivity index is 1.82. The SMILES string of the molecule is CC1=C[C@H](O)[C@@H](O)[C@]2(C)[C@H]3[C@@H](O)[C@H](O)[C@]4(C)OC[C@@]35[C@@H](C[C@@H]12)OC(=O)[C@H](O)[C@]54O. The van der Waals surface area contributed by atoms with Gasteiger partial charge in [-0.05, 0) is 26.2 Å². The molecule has 2 bridgehead atoms. The number of hydrogen-bond donors (Lipinski definition) is 6.